The summed E-state index contributed by atoms with van der Waals surface area (Å²) in [5.74, 6) is 0. The maximum atomic E-state index is 11.7. The number of aromatic amines is 1. The molecule has 0 bridgehead atoms. The molecular formula is C10H14N2O6P+. The molecule has 0 amide bonds. The highest BCUT2D eigenvalue weighted by molar-refractivity contribution is 7.32. The number of aromatic nitrogens is 2. The summed E-state index contributed by atoms with van der Waals surface area (Å²) in [5.41, 5.74) is -0.534. The Balaban J connectivity index is 2.09. The van der Waals surface area contributed by atoms with Gasteiger partial charge >= 0.3 is 13.9 Å². The van der Waals surface area contributed by atoms with Gasteiger partial charge in [-0.3, -0.25) is 14.3 Å². The molecule has 3 atom stereocenters. The zero-order valence-corrected chi connectivity index (χ0v) is 11.1. The molecular weight excluding hydrogens is 275 g/mol. The van der Waals surface area contributed by atoms with E-state index in [-0.39, 0.29) is 12.7 Å². The smallest absolute Gasteiger partial charge is 0.352 e. The lowest BCUT2D eigenvalue weighted by Crippen LogP contribution is -2.33. The zero-order chi connectivity index (χ0) is 14.0. The molecule has 1 aliphatic rings. The van der Waals surface area contributed by atoms with Crippen molar-refractivity contribution >= 4 is 8.25 Å². The maximum Gasteiger partial charge on any atom is 0.694 e. The Morgan fingerprint density at radius 1 is 1.58 bits per heavy atom. The first-order chi connectivity index (χ1) is 8.97. The molecule has 0 aliphatic carbocycles. The maximum absolute atomic E-state index is 11.7. The molecule has 0 saturated carbocycles. The van der Waals surface area contributed by atoms with Gasteiger partial charge in [-0.1, -0.05) is 0 Å². The van der Waals surface area contributed by atoms with Gasteiger partial charge in [-0.05, 0) is 19.8 Å². The third-order valence-corrected chi connectivity index (χ3v) is 3.28. The van der Waals surface area contributed by atoms with Crippen LogP contribution in [0.15, 0.2) is 15.8 Å². The number of hydrogen-bond acceptors (Lipinski definition) is 5. The number of ether oxygens (including phenoxy) is 1. The van der Waals surface area contributed by atoms with Gasteiger partial charge in [0.05, 0.1) is 6.10 Å². The molecule has 0 aromatic carbocycles. The van der Waals surface area contributed by atoms with E-state index in [1.54, 1.807) is 6.92 Å². The Morgan fingerprint density at radius 3 is 3.00 bits per heavy atom. The van der Waals surface area contributed by atoms with Gasteiger partial charge in [0.1, 0.15) is 12.8 Å². The first-order valence-corrected chi connectivity index (χ1v) is 6.87. The Labute approximate surface area is 108 Å². The number of aryl methyl sites for hydroxylation is 1. The molecule has 0 radical (unpaired) electrons. The van der Waals surface area contributed by atoms with Crippen LogP contribution in [0.3, 0.4) is 0 Å². The number of H-pyrrole nitrogens is 1. The second-order valence-corrected chi connectivity index (χ2v) is 5.04. The molecule has 2 N–H and O–H groups in total. The molecule has 0 spiro atoms. The van der Waals surface area contributed by atoms with Crippen molar-refractivity contribution < 1.29 is 18.7 Å². The Morgan fingerprint density at radius 2 is 2.32 bits per heavy atom. The quantitative estimate of drug-likeness (QED) is 0.765. The van der Waals surface area contributed by atoms with Crippen LogP contribution in [-0.4, -0.2) is 27.2 Å². The van der Waals surface area contributed by atoms with Crippen LogP contribution >= 0.6 is 8.25 Å². The van der Waals surface area contributed by atoms with E-state index < -0.39 is 25.7 Å². The monoisotopic (exact) mass is 289 g/mol. The summed E-state index contributed by atoms with van der Waals surface area (Å²) in [7, 11) is -2.65. The van der Waals surface area contributed by atoms with Gasteiger partial charge in [0.15, 0.2) is 0 Å². The fraction of sp³-hybridized carbons (Fsp3) is 0.600. The normalized spacial score (nSPS) is 23.6. The van der Waals surface area contributed by atoms with Crippen molar-refractivity contribution in [1.29, 1.82) is 0 Å². The predicted octanol–water partition coefficient (Wildman–Crippen LogP) is 0.189. The standard InChI is InChI=1S/C10H13N2O6P/c1-6-4-12(10(14)11-9(6)13)8-3-2-7(18-8)5-17-19(15)16/h4,7-8H,2-3,5H2,1H3,(H-,11,13,14,15,16)/p+1/t7-,8+/m0/s1. The van der Waals surface area contributed by atoms with Gasteiger partial charge in [-0.15, -0.1) is 9.42 Å². The Bertz CT molecular complexity index is 594. The number of nitrogens with one attached hydrogen (secondary N) is 1. The van der Waals surface area contributed by atoms with Crippen LogP contribution in [0, 0.1) is 6.92 Å². The highest BCUT2D eigenvalue weighted by atomic mass is 31.1. The molecule has 1 aromatic rings. The van der Waals surface area contributed by atoms with Gasteiger partial charge in [-0.25, -0.2) is 4.79 Å². The van der Waals surface area contributed by atoms with Crippen LogP contribution in [0.1, 0.15) is 24.6 Å². The number of nitrogens with zero attached hydrogens (tertiary/aromatic N) is 1. The predicted molar refractivity (Wildman–Crippen MR) is 65.0 cm³/mol. The summed E-state index contributed by atoms with van der Waals surface area (Å²) in [6, 6.07) is 0. The van der Waals surface area contributed by atoms with Crippen LogP contribution in [0.4, 0.5) is 0 Å². The van der Waals surface area contributed by atoms with Gasteiger partial charge in [0.2, 0.25) is 0 Å². The van der Waals surface area contributed by atoms with Crippen LogP contribution < -0.4 is 11.2 Å². The molecule has 19 heavy (non-hydrogen) atoms. The molecule has 9 heteroatoms. The fourth-order valence-electron chi connectivity index (χ4n) is 1.96. The minimum atomic E-state index is -2.65. The second kappa shape index (κ2) is 5.75. The van der Waals surface area contributed by atoms with Gasteiger partial charge in [0, 0.05) is 16.3 Å². The molecule has 1 fully saturated rings. The van der Waals surface area contributed by atoms with E-state index in [9.17, 15) is 14.2 Å². The average molecular weight is 289 g/mol. The summed E-state index contributed by atoms with van der Waals surface area (Å²) < 4.78 is 21.9. The van der Waals surface area contributed by atoms with Gasteiger partial charge in [-0.2, -0.15) is 0 Å². The summed E-state index contributed by atoms with van der Waals surface area (Å²) >= 11 is 0. The van der Waals surface area contributed by atoms with Crippen LogP contribution in [0.5, 0.6) is 0 Å². The van der Waals surface area contributed by atoms with Crippen molar-refractivity contribution in [3.63, 3.8) is 0 Å². The van der Waals surface area contributed by atoms with E-state index in [4.69, 9.17) is 9.63 Å². The minimum absolute atomic E-state index is 0.000705. The first kappa shape index (κ1) is 14.1. The molecule has 1 aliphatic heterocycles. The van der Waals surface area contributed by atoms with E-state index in [1.165, 1.54) is 10.8 Å². The Kier molecular flexibility index (Phi) is 4.26. The summed E-state index contributed by atoms with van der Waals surface area (Å²) in [6.45, 7) is 1.60. The highest BCUT2D eigenvalue weighted by Crippen LogP contribution is 2.28. The van der Waals surface area contributed by atoms with Gasteiger partial charge < -0.3 is 4.74 Å². The number of hydrogen-bond donors (Lipinski definition) is 2. The largest absolute Gasteiger partial charge is 0.694 e. The lowest BCUT2D eigenvalue weighted by molar-refractivity contribution is -0.0204. The zero-order valence-electron chi connectivity index (χ0n) is 10.2. The van der Waals surface area contributed by atoms with Crippen molar-refractivity contribution in [1.82, 2.24) is 9.55 Å². The van der Waals surface area contributed by atoms with E-state index in [2.05, 4.69) is 9.51 Å². The van der Waals surface area contributed by atoms with E-state index >= 15 is 0 Å². The third-order valence-electron chi connectivity index (χ3n) is 2.91. The van der Waals surface area contributed by atoms with Crippen molar-refractivity contribution in [2.45, 2.75) is 32.1 Å². The summed E-state index contributed by atoms with van der Waals surface area (Å²) in [4.78, 5) is 33.7. The van der Waals surface area contributed by atoms with Crippen molar-refractivity contribution in [2.75, 3.05) is 6.61 Å². The lowest BCUT2D eigenvalue weighted by atomic mass is 10.2. The van der Waals surface area contributed by atoms with Crippen molar-refractivity contribution in [2.24, 2.45) is 0 Å². The minimum Gasteiger partial charge on any atom is -0.352 e. The Hall–Kier alpha value is -1.34. The molecule has 1 aromatic heterocycles. The second-order valence-electron chi connectivity index (χ2n) is 4.30. The molecule has 104 valence electrons. The summed E-state index contributed by atoms with van der Waals surface area (Å²) in [6.07, 6.45) is 1.80. The van der Waals surface area contributed by atoms with E-state index in [1.807, 2.05) is 0 Å². The molecule has 8 nitrogen and oxygen atoms in total. The van der Waals surface area contributed by atoms with Crippen LogP contribution in [0.2, 0.25) is 0 Å². The highest BCUT2D eigenvalue weighted by Gasteiger charge is 2.30. The van der Waals surface area contributed by atoms with Crippen LogP contribution in [0.25, 0.3) is 0 Å². The first-order valence-electron chi connectivity index (χ1n) is 5.74. The van der Waals surface area contributed by atoms with Crippen molar-refractivity contribution in [3.8, 4) is 0 Å². The average Bonchev–Trinajstić information content (AvgIpc) is 2.80. The molecule has 1 saturated heterocycles. The van der Waals surface area contributed by atoms with Gasteiger partial charge in [0.25, 0.3) is 5.56 Å². The third kappa shape index (κ3) is 3.36. The molecule has 1 unspecified atom stereocenters. The SMILES string of the molecule is Cc1cn([C@H]2CC[C@@H](CO[P+](=O)O)O2)c(=O)[nH]c1=O. The lowest BCUT2D eigenvalue weighted by Gasteiger charge is -2.14. The number of rotatable bonds is 4. The summed E-state index contributed by atoms with van der Waals surface area (Å²) in [5, 5.41) is 0. The van der Waals surface area contributed by atoms with E-state index in [0.717, 1.165) is 0 Å². The van der Waals surface area contributed by atoms with E-state index in [0.29, 0.717) is 18.4 Å². The van der Waals surface area contributed by atoms with Crippen molar-refractivity contribution in [3.05, 3.63) is 32.6 Å². The van der Waals surface area contributed by atoms with Crippen LogP contribution in [-0.2, 0) is 13.8 Å². The molecule has 2 rings (SSSR count). The molecule has 2 heterocycles. The topological polar surface area (TPSA) is 111 Å². The fourth-order valence-corrected chi connectivity index (χ4v) is 2.25.